The zero-order valence-corrected chi connectivity index (χ0v) is 21.2. The number of quaternary nitrogens is 1. The van der Waals surface area contributed by atoms with Crippen LogP contribution in [0, 0.1) is 5.92 Å². The smallest absolute Gasteiger partial charge is 0.362 e. The standard InChI is InChI=1S/C26H54NO2/c1-8-10-11-12-13-14-15-16-17-18-22-27(6,7)23-25(28)29-26(5,9-2)21-19-20-24(3)4/h24H,8-23H2,1-7H3/q+1. The van der Waals surface area contributed by atoms with Crippen molar-refractivity contribution in [1.82, 2.24) is 0 Å². The lowest BCUT2D eigenvalue weighted by Gasteiger charge is -2.33. The van der Waals surface area contributed by atoms with E-state index in [4.69, 9.17) is 4.74 Å². The minimum atomic E-state index is -0.302. The van der Waals surface area contributed by atoms with Gasteiger partial charge in [0.2, 0.25) is 0 Å². The molecule has 0 saturated heterocycles. The van der Waals surface area contributed by atoms with E-state index in [9.17, 15) is 4.79 Å². The number of hydrogen-bond donors (Lipinski definition) is 0. The van der Waals surface area contributed by atoms with Gasteiger partial charge in [0.15, 0.2) is 6.54 Å². The molecule has 0 aliphatic heterocycles. The maximum atomic E-state index is 12.6. The van der Waals surface area contributed by atoms with E-state index < -0.39 is 0 Å². The van der Waals surface area contributed by atoms with Crippen LogP contribution in [-0.2, 0) is 9.53 Å². The van der Waals surface area contributed by atoms with Crippen LogP contribution in [0.3, 0.4) is 0 Å². The van der Waals surface area contributed by atoms with Crippen molar-refractivity contribution >= 4 is 5.97 Å². The second-order valence-electron chi connectivity index (χ2n) is 10.6. The lowest BCUT2D eigenvalue weighted by Crippen LogP contribution is -2.47. The second kappa shape index (κ2) is 16.2. The van der Waals surface area contributed by atoms with Gasteiger partial charge in [-0.2, -0.15) is 0 Å². The number of esters is 1. The molecule has 174 valence electrons. The molecule has 0 bridgehead atoms. The first-order valence-electron chi connectivity index (χ1n) is 12.7. The summed E-state index contributed by atoms with van der Waals surface area (Å²) in [6.07, 6.45) is 17.7. The monoisotopic (exact) mass is 412 g/mol. The minimum Gasteiger partial charge on any atom is -0.455 e. The van der Waals surface area contributed by atoms with Crippen molar-refractivity contribution in [2.75, 3.05) is 27.2 Å². The van der Waals surface area contributed by atoms with Gasteiger partial charge < -0.3 is 9.22 Å². The van der Waals surface area contributed by atoms with E-state index in [1.807, 2.05) is 0 Å². The van der Waals surface area contributed by atoms with Crippen molar-refractivity contribution < 1.29 is 14.0 Å². The maximum Gasteiger partial charge on any atom is 0.362 e. The first kappa shape index (κ1) is 28.4. The molecule has 0 fully saturated rings. The van der Waals surface area contributed by atoms with Crippen molar-refractivity contribution in [2.45, 2.75) is 130 Å². The fraction of sp³-hybridized carbons (Fsp3) is 0.962. The maximum absolute atomic E-state index is 12.6. The summed E-state index contributed by atoms with van der Waals surface area (Å²) in [5.74, 6) is 0.680. The average Bonchev–Trinajstić information content (AvgIpc) is 2.62. The van der Waals surface area contributed by atoms with Gasteiger partial charge in [-0.25, -0.2) is 4.79 Å². The van der Waals surface area contributed by atoms with Crippen molar-refractivity contribution in [3.8, 4) is 0 Å². The van der Waals surface area contributed by atoms with Crippen LogP contribution in [0.15, 0.2) is 0 Å². The van der Waals surface area contributed by atoms with Gasteiger partial charge >= 0.3 is 5.97 Å². The predicted molar refractivity (Wildman–Crippen MR) is 127 cm³/mol. The molecule has 3 heteroatoms. The molecule has 1 atom stereocenters. The molecule has 3 nitrogen and oxygen atoms in total. The molecule has 0 aliphatic rings. The van der Waals surface area contributed by atoms with Gasteiger partial charge in [0, 0.05) is 0 Å². The quantitative estimate of drug-likeness (QED) is 0.124. The number of likely N-dealkylation sites (N-methyl/N-ethyl adjacent to an activating group) is 1. The highest BCUT2D eigenvalue weighted by atomic mass is 16.6. The lowest BCUT2D eigenvalue weighted by molar-refractivity contribution is -0.883. The fourth-order valence-electron chi connectivity index (χ4n) is 3.95. The van der Waals surface area contributed by atoms with Gasteiger partial charge in [-0.05, 0) is 44.9 Å². The lowest BCUT2D eigenvalue weighted by atomic mass is 9.93. The van der Waals surface area contributed by atoms with E-state index in [0.29, 0.717) is 12.5 Å². The third-order valence-corrected chi connectivity index (χ3v) is 6.27. The van der Waals surface area contributed by atoms with Gasteiger partial charge in [-0.15, -0.1) is 0 Å². The predicted octanol–water partition coefficient (Wildman–Crippen LogP) is 7.52. The highest BCUT2D eigenvalue weighted by Crippen LogP contribution is 2.24. The number of carbonyl (C=O) groups is 1. The van der Waals surface area contributed by atoms with E-state index >= 15 is 0 Å². The highest BCUT2D eigenvalue weighted by Gasteiger charge is 2.29. The van der Waals surface area contributed by atoms with Crippen LogP contribution in [-0.4, -0.2) is 43.2 Å². The van der Waals surface area contributed by atoms with E-state index in [-0.39, 0.29) is 11.6 Å². The Morgan fingerprint density at radius 2 is 1.38 bits per heavy atom. The van der Waals surface area contributed by atoms with Crippen LogP contribution in [0.4, 0.5) is 0 Å². The molecule has 0 aliphatic carbocycles. The summed E-state index contributed by atoms with van der Waals surface area (Å²) in [7, 11) is 4.33. The Morgan fingerprint density at radius 3 is 1.86 bits per heavy atom. The SMILES string of the molecule is CCCCCCCCCCCC[N+](C)(C)CC(=O)OC(C)(CC)CCCC(C)C. The third-order valence-electron chi connectivity index (χ3n) is 6.27. The largest absolute Gasteiger partial charge is 0.455 e. The number of ether oxygens (including phenoxy) is 1. The first-order valence-corrected chi connectivity index (χ1v) is 12.7. The van der Waals surface area contributed by atoms with Crippen LogP contribution in [0.25, 0.3) is 0 Å². The van der Waals surface area contributed by atoms with Crippen molar-refractivity contribution in [1.29, 1.82) is 0 Å². The Morgan fingerprint density at radius 1 is 0.862 bits per heavy atom. The summed E-state index contributed by atoms with van der Waals surface area (Å²) >= 11 is 0. The molecule has 0 heterocycles. The molecule has 0 radical (unpaired) electrons. The Labute approximate surface area is 183 Å². The second-order valence-corrected chi connectivity index (χ2v) is 10.6. The Bertz CT molecular complexity index is 406. The van der Waals surface area contributed by atoms with E-state index in [1.54, 1.807) is 0 Å². The highest BCUT2D eigenvalue weighted by molar-refractivity contribution is 5.71. The molecule has 0 N–H and O–H groups in total. The zero-order valence-electron chi connectivity index (χ0n) is 21.2. The summed E-state index contributed by atoms with van der Waals surface area (Å²) in [4.78, 5) is 12.6. The Balaban J connectivity index is 3.99. The van der Waals surface area contributed by atoms with Crippen LogP contribution in [0.5, 0.6) is 0 Å². The molecule has 0 saturated carbocycles. The number of unbranched alkanes of at least 4 members (excludes halogenated alkanes) is 9. The van der Waals surface area contributed by atoms with Crippen molar-refractivity contribution in [3.63, 3.8) is 0 Å². The van der Waals surface area contributed by atoms with Gasteiger partial charge in [-0.3, -0.25) is 0 Å². The van der Waals surface area contributed by atoms with E-state index in [2.05, 4.69) is 48.7 Å². The Kier molecular flexibility index (Phi) is 15.8. The molecule has 1 unspecified atom stereocenters. The van der Waals surface area contributed by atoms with Crippen molar-refractivity contribution in [2.24, 2.45) is 5.92 Å². The van der Waals surface area contributed by atoms with Crippen LogP contribution < -0.4 is 0 Å². The normalized spacial score (nSPS) is 14.2. The number of hydrogen-bond acceptors (Lipinski definition) is 2. The topological polar surface area (TPSA) is 26.3 Å². The molecule has 0 spiro atoms. The molecule has 0 amide bonds. The molecule has 0 aromatic rings. The zero-order chi connectivity index (χ0) is 22.2. The summed E-state index contributed by atoms with van der Waals surface area (Å²) in [6.45, 7) is 12.6. The molecular weight excluding hydrogens is 358 g/mol. The number of carbonyl (C=O) groups excluding carboxylic acids is 1. The molecule has 29 heavy (non-hydrogen) atoms. The Hall–Kier alpha value is -0.570. The summed E-state index contributed by atoms with van der Waals surface area (Å²) in [5.41, 5.74) is -0.302. The van der Waals surface area contributed by atoms with Crippen LogP contribution in [0.1, 0.15) is 125 Å². The summed E-state index contributed by atoms with van der Waals surface area (Å²) in [6, 6.07) is 0. The van der Waals surface area contributed by atoms with Gasteiger partial charge in [0.25, 0.3) is 0 Å². The van der Waals surface area contributed by atoms with E-state index in [1.165, 1.54) is 70.6 Å². The van der Waals surface area contributed by atoms with Gasteiger partial charge in [0.1, 0.15) is 5.60 Å². The third kappa shape index (κ3) is 16.9. The summed E-state index contributed by atoms with van der Waals surface area (Å²) in [5, 5.41) is 0. The fourth-order valence-corrected chi connectivity index (χ4v) is 3.95. The van der Waals surface area contributed by atoms with E-state index in [0.717, 1.165) is 30.3 Å². The van der Waals surface area contributed by atoms with Gasteiger partial charge in [0.05, 0.1) is 20.6 Å². The summed E-state index contributed by atoms with van der Waals surface area (Å²) < 4.78 is 6.69. The van der Waals surface area contributed by atoms with Crippen LogP contribution >= 0.6 is 0 Å². The van der Waals surface area contributed by atoms with Gasteiger partial charge in [-0.1, -0.05) is 85.5 Å². The molecule has 0 rings (SSSR count). The number of rotatable bonds is 19. The molecule has 0 aromatic carbocycles. The first-order chi connectivity index (χ1) is 13.6. The van der Waals surface area contributed by atoms with Crippen molar-refractivity contribution in [3.05, 3.63) is 0 Å². The van der Waals surface area contributed by atoms with Crippen LogP contribution in [0.2, 0.25) is 0 Å². The molecule has 0 aromatic heterocycles. The molecular formula is C26H54NO2+. The average molecular weight is 413 g/mol. The minimum absolute atomic E-state index is 0.0315. The number of nitrogens with zero attached hydrogens (tertiary/aromatic N) is 1.